The van der Waals surface area contributed by atoms with Gasteiger partial charge in [-0.25, -0.2) is 0 Å². The van der Waals surface area contributed by atoms with Crippen LogP contribution in [0.15, 0.2) is 55.4 Å². The maximum atomic E-state index is 11.7. The van der Waals surface area contributed by atoms with Crippen molar-refractivity contribution in [2.45, 2.75) is 0 Å². The molecule has 2 rings (SSSR count). The van der Waals surface area contributed by atoms with Crippen LogP contribution in [0, 0.1) is 0 Å². The minimum atomic E-state index is -0.329. The molecule has 3 N–H and O–H groups in total. The maximum Gasteiger partial charge on any atom is 0.271 e. The van der Waals surface area contributed by atoms with Crippen LogP contribution in [0.4, 0.5) is 0 Å². The summed E-state index contributed by atoms with van der Waals surface area (Å²) in [6.45, 7) is 3.75. The number of hydrogen-bond donors (Lipinski definition) is 3. The predicted molar refractivity (Wildman–Crippen MR) is 72.0 cm³/mol. The molecule has 0 aliphatic carbocycles. The molecule has 0 aliphatic rings. The molecule has 0 radical (unpaired) electrons. The first-order valence-electron chi connectivity index (χ1n) is 5.62. The van der Waals surface area contributed by atoms with E-state index in [0.29, 0.717) is 16.8 Å². The molecule has 19 heavy (non-hydrogen) atoms. The van der Waals surface area contributed by atoms with Crippen molar-refractivity contribution < 1.29 is 9.90 Å². The molecule has 5 nitrogen and oxygen atoms in total. The molecule has 0 saturated heterocycles. The van der Waals surface area contributed by atoms with Crippen molar-refractivity contribution in [1.82, 2.24) is 15.8 Å². The molecule has 0 spiro atoms. The standard InChI is InChI=1S/C14H13N3O2/c1-10(12-6-2-3-7-13(12)18)16-17-14(19)11-5-4-8-15-9-11/h2-9,16,18H,1H2,(H,17,19). The number of carbonyl (C=O) groups is 1. The number of hydrazine groups is 1. The third-order valence-electron chi connectivity index (χ3n) is 2.48. The number of aromatic nitrogens is 1. The molecule has 0 bridgehead atoms. The molecule has 1 aromatic heterocycles. The second kappa shape index (κ2) is 5.68. The Hall–Kier alpha value is -2.82. The van der Waals surface area contributed by atoms with Crippen LogP contribution in [0.2, 0.25) is 0 Å². The van der Waals surface area contributed by atoms with E-state index in [-0.39, 0.29) is 11.7 Å². The second-order valence-electron chi connectivity index (χ2n) is 3.82. The molecule has 1 heterocycles. The van der Waals surface area contributed by atoms with Gasteiger partial charge in [-0.15, -0.1) is 0 Å². The Morgan fingerprint density at radius 2 is 1.95 bits per heavy atom. The highest BCUT2D eigenvalue weighted by Crippen LogP contribution is 2.20. The zero-order valence-electron chi connectivity index (χ0n) is 10.1. The van der Waals surface area contributed by atoms with Crippen LogP contribution in [0.1, 0.15) is 15.9 Å². The van der Waals surface area contributed by atoms with Crippen LogP contribution in [0.5, 0.6) is 5.75 Å². The number of nitrogens with zero attached hydrogens (tertiary/aromatic N) is 1. The Morgan fingerprint density at radius 3 is 2.63 bits per heavy atom. The van der Waals surface area contributed by atoms with Crippen LogP contribution in [0.3, 0.4) is 0 Å². The lowest BCUT2D eigenvalue weighted by atomic mass is 10.1. The summed E-state index contributed by atoms with van der Waals surface area (Å²) < 4.78 is 0. The number of pyridine rings is 1. The third kappa shape index (κ3) is 3.10. The molecule has 0 unspecified atom stereocenters. The largest absolute Gasteiger partial charge is 0.507 e. The molecule has 5 heteroatoms. The van der Waals surface area contributed by atoms with Crippen molar-refractivity contribution >= 4 is 11.6 Å². The van der Waals surface area contributed by atoms with E-state index in [2.05, 4.69) is 22.4 Å². The summed E-state index contributed by atoms with van der Waals surface area (Å²) in [5, 5.41) is 9.64. The van der Waals surface area contributed by atoms with Gasteiger partial charge in [0.25, 0.3) is 5.91 Å². The number of rotatable bonds is 4. The van der Waals surface area contributed by atoms with E-state index in [4.69, 9.17) is 0 Å². The monoisotopic (exact) mass is 255 g/mol. The number of amides is 1. The molecular formula is C14H13N3O2. The third-order valence-corrected chi connectivity index (χ3v) is 2.48. The van der Waals surface area contributed by atoms with Crippen LogP contribution in [0.25, 0.3) is 5.70 Å². The summed E-state index contributed by atoms with van der Waals surface area (Å²) >= 11 is 0. The Morgan fingerprint density at radius 1 is 1.16 bits per heavy atom. The summed E-state index contributed by atoms with van der Waals surface area (Å²) in [7, 11) is 0. The molecule has 0 aliphatic heterocycles. The zero-order valence-corrected chi connectivity index (χ0v) is 10.1. The van der Waals surface area contributed by atoms with Gasteiger partial charge in [0.15, 0.2) is 0 Å². The van der Waals surface area contributed by atoms with E-state index >= 15 is 0 Å². The Labute approximate surface area is 110 Å². The summed E-state index contributed by atoms with van der Waals surface area (Å²) in [5.74, 6) is -0.236. The lowest BCUT2D eigenvalue weighted by molar-refractivity contribution is 0.0942. The number of phenols is 1. The average molecular weight is 255 g/mol. The van der Waals surface area contributed by atoms with Gasteiger partial charge in [-0.05, 0) is 24.3 Å². The van der Waals surface area contributed by atoms with Gasteiger partial charge >= 0.3 is 0 Å². The summed E-state index contributed by atoms with van der Waals surface area (Å²) in [4.78, 5) is 15.6. The van der Waals surface area contributed by atoms with Gasteiger partial charge in [-0.3, -0.25) is 20.6 Å². The quantitative estimate of drug-likeness (QED) is 0.727. The van der Waals surface area contributed by atoms with Crippen LogP contribution < -0.4 is 10.9 Å². The predicted octanol–water partition coefficient (Wildman–Crippen LogP) is 1.69. The van der Waals surface area contributed by atoms with E-state index < -0.39 is 0 Å². The van der Waals surface area contributed by atoms with Crippen molar-refractivity contribution in [3.05, 3.63) is 66.5 Å². The number of phenolic OH excluding ortho intramolecular Hbond substituents is 1. The van der Waals surface area contributed by atoms with Crippen molar-refractivity contribution in [2.24, 2.45) is 0 Å². The minimum Gasteiger partial charge on any atom is -0.507 e. The molecule has 1 amide bonds. The molecule has 2 aromatic rings. The van der Waals surface area contributed by atoms with Gasteiger partial charge in [0, 0.05) is 18.0 Å². The van der Waals surface area contributed by atoms with Crippen molar-refractivity contribution in [3.8, 4) is 5.75 Å². The number of aromatic hydroxyl groups is 1. The number of benzene rings is 1. The van der Waals surface area contributed by atoms with Gasteiger partial charge in [-0.2, -0.15) is 0 Å². The van der Waals surface area contributed by atoms with Crippen molar-refractivity contribution in [2.75, 3.05) is 0 Å². The van der Waals surface area contributed by atoms with E-state index in [1.807, 2.05) is 0 Å². The molecule has 0 atom stereocenters. The van der Waals surface area contributed by atoms with Gasteiger partial charge < -0.3 is 5.11 Å². The smallest absolute Gasteiger partial charge is 0.271 e. The highest BCUT2D eigenvalue weighted by atomic mass is 16.3. The van der Waals surface area contributed by atoms with E-state index in [1.54, 1.807) is 42.6 Å². The Balaban J connectivity index is 1.98. The van der Waals surface area contributed by atoms with Gasteiger partial charge in [0.1, 0.15) is 5.75 Å². The molecule has 1 aromatic carbocycles. The number of para-hydroxylation sites is 1. The first kappa shape index (κ1) is 12.6. The van der Waals surface area contributed by atoms with Crippen LogP contribution in [-0.2, 0) is 0 Å². The van der Waals surface area contributed by atoms with Gasteiger partial charge in [-0.1, -0.05) is 18.7 Å². The topological polar surface area (TPSA) is 74.2 Å². The molecule has 0 fully saturated rings. The van der Waals surface area contributed by atoms with Gasteiger partial charge in [0.05, 0.1) is 11.3 Å². The van der Waals surface area contributed by atoms with Crippen LogP contribution in [-0.4, -0.2) is 16.0 Å². The first-order chi connectivity index (χ1) is 9.18. The highest BCUT2D eigenvalue weighted by Gasteiger charge is 2.07. The Kier molecular flexibility index (Phi) is 3.78. The molecule has 0 saturated carbocycles. The second-order valence-corrected chi connectivity index (χ2v) is 3.82. The number of nitrogens with one attached hydrogen (secondary N) is 2. The molecule has 96 valence electrons. The van der Waals surface area contributed by atoms with Gasteiger partial charge in [0.2, 0.25) is 0 Å². The summed E-state index contributed by atoms with van der Waals surface area (Å²) in [6.07, 6.45) is 3.05. The summed E-state index contributed by atoms with van der Waals surface area (Å²) in [5.41, 5.74) is 6.49. The van der Waals surface area contributed by atoms with E-state index in [0.717, 1.165) is 0 Å². The van der Waals surface area contributed by atoms with Crippen molar-refractivity contribution in [1.29, 1.82) is 0 Å². The molecular weight excluding hydrogens is 242 g/mol. The lowest BCUT2D eigenvalue weighted by Crippen LogP contribution is -2.35. The fraction of sp³-hybridized carbons (Fsp3) is 0. The maximum absolute atomic E-state index is 11.7. The van der Waals surface area contributed by atoms with E-state index in [1.165, 1.54) is 6.20 Å². The first-order valence-corrected chi connectivity index (χ1v) is 5.62. The average Bonchev–Trinajstić information content (AvgIpc) is 2.46. The minimum absolute atomic E-state index is 0.0932. The fourth-order valence-electron chi connectivity index (χ4n) is 1.50. The van der Waals surface area contributed by atoms with E-state index in [9.17, 15) is 9.90 Å². The normalized spacial score (nSPS) is 9.68. The fourth-order valence-corrected chi connectivity index (χ4v) is 1.50. The SMILES string of the molecule is C=C(NNC(=O)c1cccnc1)c1ccccc1O. The van der Waals surface area contributed by atoms with Crippen molar-refractivity contribution in [3.63, 3.8) is 0 Å². The zero-order chi connectivity index (χ0) is 13.7. The number of carbonyl (C=O) groups excluding carboxylic acids is 1. The van der Waals surface area contributed by atoms with Crippen LogP contribution >= 0.6 is 0 Å². The number of hydrogen-bond acceptors (Lipinski definition) is 4. The lowest BCUT2D eigenvalue weighted by Gasteiger charge is -2.12. The highest BCUT2D eigenvalue weighted by molar-refractivity contribution is 5.94. The Bertz CT molecular complexity index is 597. The summed E-state index contributed by atoms with van der Waals surface area (Å²) in [6, 6.07) is 10.0.